The molecular weight excluding hydrogens is 598 g/mol. The molecule has 258 valence electrons. The number of anilines is 1. The van der Waals surface area contributed by atoms with E-state index in [0.717, 1.165) is 99.0 Å². The molecule has 0 unspecified atom stereocenters. The number of hydrogen-bond donors (Lipinski definition) is 0. The summed E-state index contributed by atoms with van der Waals surface area (Å²) in [5.41, 5.74) is 7.15. The number of benzene rings is 2. The van der Waals surface area contributed by atoms with Crippen LogP contribution in [0.1, 0.15) is 103 Å². The second-order valence-corrected chi connectivity index (χ2v) is 14.7. The quantitative estimate of drug-likeness (QED) is 0.127. The van der Waals surface area contributed by atoms with Gasteiger partial charge in [0.2, 0.25) is 0 Å². The Morgan fingerprint density at radius 3 is 2.27 bits per heavy atom. The van der Waals surface area contributed by atoms with Crippen molar-refractivity contribution < 1.29 is 18.9 Å². The molecule has 0 atom stereocenters. The van der Waals surface area contributed by atoms with E-state index >= 15 is 0 Å². The average Bonchev–Trinajstić information content (AvgIpc) is 3.91. The van der Waals surface area contributed by atoms with Gasteiger partial charge in [0.15, 0.2) is 17.4 Å². The highest BCUT2D eigenvalue weighted by Crippen LogP contribution is 2.46. The Morgan fingerprint density at radius 1 is 0.917 bits per heavy atom. The summed E-state index contributed by atoms with van der Waals surface area (Å²) in [5, 5.41) is 0. The number of ether oxygens (including phenoxy) is 4. The zero-order valence-electron chi connectivity index (χ0n) is 30.0. The van der Waals surface area contributed by atoms with Crippen molar-refractivity contribution in [2.45, 2.75) is 110 Å². The van der Waals surface area contributed by atoms with Gasteiger partial charge in [-0.25, -0.2) is 0 Å². The standard InChI is InChI=1S/C41H55N3O4/c1-7-8-22-47-36-16-14-34(15-17-36)44(35-18-20-43(21-19-35)40(31-12-13-31)48-41(2,3)4)28-29-23-33(27-42-26-29)32-24-37(30-10-9-11-30)39(46-6)38(25-32)45-5/h14-17,23-27,30,35H,7-13,18-22,28H2,1-6H3. The molecule has 2 aromatic carbocycles. The van der Waals surface area contributed by atoms with Crippen molar-refractivity contribution in [2.75, 3.05) is 38.8 Å². The molecule has 0 spiro atoms. The van der Waals surface area contributed by atoms with Crippen molar-refractivity contribution in [3.8, 4) is 28.4 Å². The van der Waals surface area contributed by atoms with Crippen LogP contribution < -0.4 is 19.1 Å². The SMILES string of the molecule is CCCCOc1ccc(N(Cc2cncc(-c3cc(OC)c(OC)c(C4CCC4)c3)c2)C2CCN(C(OC(C)(C)C)=C3CC3)CC2)cc1. The molecule has 2 heterocycles. The predicted molar refractivity (Wildman–Crippen MR) is 194 cm³/mol. The largest absolute Gasteiger partial charge is 0.494 e. The second kappa shape index (κ2) is 15.1. The molecule has 1 aromatic heterocycles. The molecule has 7 heteroatoms. The third-order valence-corrected chi connectivity index (χ3v) is 9.87. The maximum Gasteiger partial charge on any atom is 0.188 e. The highest BCUT2D eigenvalue weighted by molar-refractivity contribution is 5.70. The number of hydrogen-bond acceptors (Lipinski definition) is 7. The molecule has 3 aliphatic rings. The Morgan fingerprint density at radius 2 is 1.67 bits per heavy atom. The number of allylic oxidation sites excluding steroid dienone is 1. The molecule has 1 aliphatic heterocycles. The normalized spacial score (nSPS) is 16.7. The van der Waals surface area contributed by atoms with Crippen LogP contribution in [0.25, 0.3) is 11.1 Å². The summed E-state index contributed by atoms with van der Waals surface area (Å²) >= 11 is 0. The minimum atomic E-state index is -0.195. The van der Waals surface area contributed by atoms with Crippen LogP contribution in [0.15, 0.2) is 66.3 Å². The second-order valence-electron chi connectivity index (χ2n) is 14.7. The van der Waals surface area contributed by atoms with E-state index in [4.69, 9.17) is 23.9 Å². The average molecular weight is 654 g/mol. The van der Waals surface area contributed by atoms with Gasteiger partial charge in [0.05, 0.1) is 20.8 Å². The van der Waals surface area contributed by atoms with Crippen LogP contribution in [0, 0.1) is 0 Å². The zero-order valence-corrected chi connectivity index (χ0v) is 30.0. The van der Waals surface area contributed by atoms with Gasteiger partial charge in [-0.05, 0) is 131 Å². The van der Waals surface area contributed by atoms with Crippen LogP contribution in [0.2, 0.25) is 0 Å². The fourth-order valence-electron chi connectivity index (χ4n) is 6.92. The van der Waals surface area contributed by atoms with E-state index in [1.54, 1.807) is 14.2 Å². The minimum Gasteiger partial charge on any atom is -0.494 e. The fraction of sp³-hybridized carbons (Fsp3) is 0.537. The Hall–Kier alpha value is -3.87. The predicted octanol–water partition coefficient (Wildman–Crippen LogP) is 9.50. The third-order valence-electron chi connectivity index (χ3n) is 9.87. The molecule has 6 rings (SSSR count). The van der Waals surface area contributed by atoms with Gasteiger partial charge in [0, 0.05) is 54.9 Å². The van der Waals surface area contributed by atoms with E-state index in [1.165, 1.54) is 41.6 Å². The van der Waals surface area contributed by atoms with Gasteiger partial charge in [0.1, 0.15) is 11.4 Å². The van der Waals surface area contributed by atoms with Crippen LogP contribution in [-0.2, 0) is 11.3 Å². The first kappa shape index (κ1) is 34.0. The van der Waals surface area contributed by atoms with Crippen LogP contribution in [-0.4, -0.2) is 55.4 Å². The smallest absolute Gasteiger partial charge is 0.188 e. The number of rotatable bonds is 14. The van der Waals surface area contributed by atoms with Gasteiger partial charge in [-0.2, -0.15) is 0 Å². The van der Waals surface area contributed by atoms with Gasteiger partial charge in [-0.3, -0.25) is 4.98 Å². The maximum absolute atomic E-state index is 6.50. The molecule has 2 aliphatic carbocycles. The van der Waals surface area contributed by atoms with Crippen molar-refractivity contribution in [3.05, 3.63) is 77.4 Å². The lowest BCUT2D eigenvalue weighted by Crippen LogP contribution is -2.45. The topological polar surface area (TPSA) is 56.3 Å². The molecule has 0 N–H and O–H groups in total. The third kappa shape index (κ3) is 8.22. The zero-order chi connectivity index (χ0) is 33.7. The lowest BCUT2D eigenvalue weighted by molar-refractivity contribution is -0.00541. The van der Waals surface area contributed by atoms with Crippen molar-refractivity contribution in [3.63, 3.8) is 0 Å². The van der Waals surface area contributed by atoms with E-state index in [2.05, 4.69) is 80.0 Å². The van der Waals surface area contributed by atoms with Gasteiger partial charge in [0.25, 0.3) is 0 Å². The molecule has 1 saturated heterocycles. The van der Waals surface area contributed by atoms with Crippen LogP contribution >= 0.6 is 0 Å². The van der Waals surface area contributed by atoms with E-state index in [-0.39, 0.29) is 5.60 Å². The van der Waals surface area contributed by atoms with Crippen molar-refractivity contribution in [1.82, 2.24) is 9.88 Å². The van der Waals surface area contributed by atoms with Crippen molar-refractivity contribution in [2.24, 2.45) is 0 Å². The van der Waals surface area contributed by atoms with Crippen LogP contribution in [0.4, 0.5) is 5.69 Å². The van der Waals surface area contributed by atoms with Gasteiger partial charge in [-0.1, -0.05) is 19.8 Å². The number of aromatic nitrogens is 1. The highest BCUT2D eigenvalue weighted by atomic mass is 16.5. The number of piperidine rings is 1. The molecule has 3 fully saturated rings. The highest BCUT2D eigenvalue weighted by Gasteiger charge is 2.32. The Labute approximate surface area is 288 Å². The lowest BCUT2D eigenvalue weighted by Gasteiger charge is -2.42. The summed E-state index contributed by atoms with van der Waals surface area (Å²) in [7, 11) is 3.47. The summed E-state index contributed by atoms with van der Waals surface area (Å²) in [6, 6.07) is 15.8. The summed E-state index contributed by atoms with van der Waals surface area (Å²) in [4.78, 5) is 9.83. The molecule has 0 bridgehead atoms. The van der Waals surface area contributed by atoms with Crippen molar-refractivity contribution >= 4 is 5.69 Å². The van der Waals surface area contributed by atoms with Gasteiger partial charge < -0.3 is 28.7 Å². The summed E-state index contributed by atoms with van der Waals surface area (Å²) < 4.78 is 24.2. The molecule has 0 amide bonds. The van der Waals surface area contributed by atoms with Gasteiger partial charge >= 0.3 is 0 Å². The number of unbranched alkanes of at least 4 members (excludes halogenated alkanes) is 1. The molecule has 2 saturated carbocycles. The Kier molecular flexibility index (Phi) is 10.7. The fourth-order valence-corrected chi connectivity index (χ4v) is 6.92. The monoisotopic (exact) mass is 653 g/mol. The van der Waals surface area contributed by atoms with Crippen LogP contribution in [0.3, 0.4) is 0 Å². The van der Waals surface area contributed by atoms with E-state index in [0.29, 0.717) is 12.0 Å². The minimum absolute atomic E-state index is 0.195. The molecule has 0 radical (unpaired) electrons. The first-order chi connectivity index (χ1) is 23.3. The number of nitrogens with zero attached hydrogens (tertiary/aromatic N) is 3. The molecule has 3 aromatic rings. The Balaban J connectivity index is 1.25. The van der Waals surface area contributed by atoms with Crippen LogP contribution in [0.5, 0.6) is 17.2 Å². The number of pyridine rings is 1. The summed E-state index contributed by atoms with van der Waals surface area (Å²) in [6.07, 6.45) is 14.3. The van der Waals surface area contributed by atoms with E-state index < -0.39 is 0 Å². The first-order valence-corrected chi connectivity index (χ1v) is 18.1. The van der Waals surface area contributed by atoms with Crippen molar-refractivity contribution in [1.29, 1.82) is 0 Å². The van der Waals surface area contributed by atoms with E-state index in [1.807, 2.05) is 12.4 Å². The Bertz CT molecular complexity index is 1540. The number of methoxy groups -OCH3 is 2. The molecular formula is C41H55N3O4. The van der Waals surface area contributed by atoms with Gasteiger partial charge in [-0.15, -0.1) is 0 Å². The molecule has 7 nitrogen and oxygen atoms in total. The summed E-state index contributed by atoms with van der Waals surface area (Å²) in [6.45, 7) is 12.1. The first-order valence-electron chi connectivity index (χ1n) is 18.1. The summed E-state index contributed by atoms with van der Waals surface area (Å²) in [5.74, 6) is 4.23. The molecule has 48 heavy (non-hydrogen) atoms. The van der Waals surface area contributed by atoms with E-state index in [9.17, 15) is 0 Å². The lowest BCUT2D eigenvalue weighted by atomic mass is 9.78. The maximum atomic E-state index is 6.50. The number of likely N-dealkylation sites (tertiary alicyclic amines) is 1.